The summed E-state index contributed by atoms with van der Waals surface area (Å²) in [5.74, 6) is 0. The summed E-state index contributed by atoms with van der Waals surface area (Å²) < 4.78 is 5.79. The van der Waals surface area contributed by atoms with Gasteiger partial charge in [-0.2, -0.15) is 0 Å². The first-order valence-corrected chi connectivity index (χ1v) is 11.3. The molecule has 1 aromatic carbocycles. The fourth-order valence-electron chi connectivity index (χ4n) is 3.77. The van der Waals surface area contributed by atoms with E-state index in [1.807, 2.05) is 38.1 Å². The van der Waals surface area contributed by atoms with Gasteiger partial charge in [-0.15, -0.1) is 0 Å². The average molecular weight is 411 g/mol. The van der Waals surface area contributed by atoms with Gasteiger partial charge in [-0.3, -0.25) is 4.90 Å². The lowest BCUT2D eigenvalue weighted by Gasteiger charge is -2.31. The number of carbonyl (C=O) groups is 1. The van der Waals surface area contributed by atoms with Crippen molar-refractivity contribution in [2.75, 3.05) is 19.6 Å². The summed E-state index contributed by atoms with van der Waals surface area (Å²) in [6.45, 7) is 9.14. The van der Waals surface area contributed by atoms with Crippen molar-refractivity contribution in [3.8, 4) is 0 Å². The fraction of sp³-hybridized carbons (Fsp3) is 0.500. The van der Waals surface area contributed by atoms with E-state index in [0.29, 0.717) is 0 Å². The third-order valence-corrected chi connectivity index (χ3v) is 5.56. The standard InChI is InChI=1S/C26H38N2O2/c1-4-7-12-18-28-19-16-24(17-20-28)30-26(29)27-25(23(6-3)15-8-5-2)21-22-13-10-9-11-14-22/h5-14,24-25H,4,15-21H2,1-3H3,(H,27,29)/b8-5-,12-7+,23-6+. The second-order valence-corrected chi connectivity index (χ2v) is 7.81. The van der Waals surface area contributed by atoms with Crippen LogP contribution in [0.15, 0.2) is 66.3 Å². The Balaban J connectivity index is 1.91. The third kappa shape index (κ3) is 8.58. The maximum Gasteiger partial charge on any atom is 0.407 e. The molecule has 1 unspecified atom stereocenters. The van der Waals surface area contributed by atoms with Crippen LogP contribution < -0.4 is 5.32 Å². The topological polar surface area (TPSA) is 41.6 Å². The molecule has 0 aliphatic carbocycles. The van der Waals surface area contributed by atoms with Gasteiger partial charge >= 0.3 is 6.09 Å². The van der Waals surface area contributed by atoms with Crippen LogP contribution in [0.2, 0.25) is 0 Å². The van der Waals surface area contributed by atoms with Crippen LogP contribution in [0.4, 0.5) is 4.79 Å². The van der Waals surface area contributed by atoms with E-state index in [-0.39, 0.29) is 18.2 Å². The lowest BCUT2D eigenvalue weighted by Crippen LogP contribution is -2.43. The van der Waals surface area contributed by atoms with Crippen LogP contribution in [0.1, 0.15) is 52.0 Å². The number of nitrogens with one attached hydrogen (secondary N) is 1. The van der Waals surface area contributed by atoms with E-state index >= 15 is 0 Å². The predicted molar refractivity (Wildman–Crippen MR) is 126 cm³/mol. The van der Waals surface area contributed by atoms with Crippen molar-refractivity contribution in [2.45, 2.75) is 65.0 Å². The lowest BCUT2D eigenvalue weighted by atomic mass is 9.96. The summed E-state index contributed by atoms with van der Waals surface area (Å²) in [7, 11) is 0. The highest BCUT2D eigenvalue weighted by Crippen LogP contribution is 2.17. The molecule has 2 rings (SSSR count). The SMILES string of the molecule is C/C=C\C/C(=C\C)C(Cc1ccccc1)NC(=O)OC1CCN(C/C=C/CC)CC1. The van der Waals surface area contributed by atoms with Crippen molar-refractivity contribution in [2.24, 2.45) is 0 Å². The molecule has 1 atom stereocenters. The molecule has 1 amide bonds. The molecule has 0 radical (unpaired) electrons. The lowest BCUT2D eigenvalue weighted by molar-refractivity contribution is 0.0525. The molecule has 0 aromatic heterocycles. The van der Waals surface area contributed by atoms with Crippen LogP contribution in [0.25, 0.3) is 0 Å². The molecule has 1 fully saturated rings. The Morgan fingerprint density at radius 2 is 1.90 bits per heavy atom. The molecule has 164 valence electrons. The number of alkyl carbamates (subject to hydrolysis) is 1. The molecule has 1 saturated heterocycles. The highest BCUT2D eigenvalue weighted by Gasteiger charge is 2.24. The first-order valence-electron chi connectivity index (χ1n) is 11.3. The number of nitrogens with zero attached hydrogens (tertiary/aromatic N) is 1. The number of hydrogen-bond donors (Lipinski definition) is 1. The summed E-state index contributed by atoms with van der Waals surface area (Å²) in [6, 6.07) is 10.2. The smallest absolute Gasteiger partial charge is 0.407 e. The second-order valence-electron chi connectivity index (χ2n) is 7.81. The zero-order chi connectivity index (χ0) is 21.6. The van der Waals surface area contributed by atoms with Crippen LogP contribution in [0, 0.1) is 0 Å². The number of rotatable bonds is 10. The number of likely N-dealkylation sites (tertiary alicyclic amines) is 1. The van der Waals surface area contributed by atoms with E-state index in [1.54, 1.807) is 0 Å². The first kappa shape index (κ1) is 23.9. The van der Waals surface area contributed by atoms with Gasteiger partial charge < -0.3 is 10.1 Å². The minimum Gasteiger partial charge on any atom is -0.446 e. The first-order chi connectivity index (χ1) is 14.7. The van der Waals surface area contributed by atoms with Gasteiger partial charge in [-0.1, -0.05) is 67.6 Å². The molecule has 0 bridgehead atoms. The van der Waals surface area contributed by atoms with Gasteiger partial charge in [0.15, 0.2) is 0 Å². The molecular weight excluding hydrogens is 372 g/mol. The number of amides is 1. The molecule has 4 nitrogen and oxygen atoms in total. The van der Waals surface area contributed by atoms with E-state index in [2.05, 4.69) is 53.6 Å². The van der Waals surface area contributed by atoms with E-state index in [9.17, 15) is 4.79 Å². The Labute approximate surface area is 182 Å². The molecule has 1 aliphatic heterocycles. The number of benzene rings is 1. The summed E-state index contributed by atoms with van der Waals surface area (Å²) in [5.41, 5.74) is 2.41. The highest BCUT2D eigenvalue weighted by molar-refractivity contribution is 5.68. The molecule has 1 aromatic rings. The van der Waals surface area contributed by atoms with Gasteiger partial charge in [0.05, 0.1) is 6.04 Å². The number of carbonyl (C=O) groups excluding carboxylic acids is 1. The number of allylic oxidation sites excluding steroid dienone is 4. The monoisotopic (exact) mass is 410 g/mol. The second kappa shape index (κ2) is 13.8. The van der Waals surface area contributed by atoms with Crippen molar-refractivity contribution < 1.29 is 9.53 Å². The molecule has 4 heteroatoms. The van der Waals surface area contributed by atoms with Crippen LogP contribution in [-0.2, 0) is 11.2 Å². The maximum absolute atomic E-state index is 12.7. The molecule has 0 saturated carbocycles. The van der Waals surface area contributed by atoms with Gasteiger partial charge in [-0.25, -0.2) is 4.79 Å². The van der Waals surface area contributed by atoms with E-state index in [0.717, 1.165) is 51.7 Å². The van der Waals surface area contributed by atoms with Crippen molar-refractivity contribution >= 4 is 6.09 Å². The van der Waals surface area contributed by atoms with Gasteiger partial charge in [0.25, 0.3) is 0 Å². The summed E-state index contributed by atoms with van der Waals surface area (Å²) in [4.78, 5) is 15.1. The van der Waals surface area contributed by atoms with Crippen LogP contribution in [0.3, 0.4) is 0 Å². The molecule has 30 heavy (non-hydrogen) atoms. The Morgan fingerprint density at radius 1 is 1.17 bits per heavy atom. The van der Waals surface area contributed by atoms with E-state index in [1.165, 1.54) is 11.1 Å². The van der Waals surface area contributed by atoms with Gasteiger partial charge in [-0.05, 0) is 57.1 Å². The molecule has 0 spiro atoms. The van der Waals surface area contributed by atoms with Crippen molar-refractivity contribution in [1.82, 2.24) is 10.2 Å². The molecule has 1 aliphatic rings. The van der Waals surface area contributed by atoms with Crippen molar-refractivity contribution in [3.63, 3.8) is 0 Å². The quantitative estimate of drug-likeness (QED) is 0.506. The zero-order valence-corrected chi connectivity index (χ0v) is 18.8. The van der Waals surface area contributed by atoms with Crippen LogP contribution >= 0.6 is 0 Å². The largest absolute Gasteiger partial charge is 0.446 e. The Morgan fingerprint density at radius 3 is 2.53 bits per heavy atom. The summed E-state index contributed by atoms with van der Waals surface area (Å²) >= 11 is 0. The number of hydrogen-bond acceptors (Lipinski definition) is 3. The highest BCUT2D eigenvalue weighted by atomic mass is 16.6. The Hall–Kier alpha value is -2.33. The van der Waals surface area contributed by atoms with Gasteiger partial charge in [0.1, 0.15) is 6.10 Å². The van der Waals surface area contributed by atoms with Crippen molar-refractivity contribution in [3.05, 3.63) is 71.8 Å². The van der Waals surface area contributed by atoms with Crippen molar-refractivity contribution in [1.29, 1.82) is 0 Å². The van der Waals surface area contributed by atoms with E-state index < -0.39 is 0 Å². The predicted octanol–water partition coefficient (Wildman–Crippen LogP) is 5.67. The van der Waals surface area contributed by atoms with Gasteiger partial charge in [0.2, 0.25) is 0 Å². The minimum absolute atomic E-state index is 0.00151. The third-order valence-electron chi connectivity index (χ3n) is 5.56. The van der Waals surface area contributed by atoms with Gasteiger partial charge in [0, 0.05) is 19.6 Å². The number of ether oxygens (including phenoxy) is 1. The summed E-state index contributed by atoms with van der Waals surface area (Å²) in [5, 5.41) is 3.14. The van der Waals surface area contributed by atoms with Crippen LogP contribution in [-0.4, -0.2) is 42.8 Å². The molecule has 1 N–H and O–H groups in total. The maximum atomic E-state index is 12.7. The minimum atomic E-state index is -0.305. The Kier molecular flexibility index (Phi) is 11.0. The summed E-state index contributed by atoms with van der Waals surface area (Å²) in [6.07, 6.45) is 14.9. The van der Waals surface area contributed by atoms with E-state index in [4.69, 9.17) is 4.74 Å². The number of piperidine rings is 1. The zero-order valence-electron chi connectivity index (χ0n) is 18.8. The molecular formula is C26H38N2O2. The fourth-order valence-corrected chi connectivity index (χ4v) is 3.77. The normalized spacial score (nSPS) is 17.5. The average Bonchev–Trinajstić information content (AvgIpc) is 2.76. The molecule has 1 heterocycles. The van der Waals surface area contributed by atoms with Crippen LogP contribution in [0.5, 0.6) is 0 Å². The Bertz CT molecular complexity index is 701.